The third-order valence-electron chi connectivity index (χ3n) is 6.06. The van der Waals surface area contributed by atoms with E-state index in [1.54, 1.807) is 11.9 Å². The van der Waals surface area contributed by atoms with E-state index >= 15 is 0 Å². The summed E-state index contributed by atoms with van der Waals surface area (Å²) in [5.74, 6) is -0.671. The number of likely N-dealkylation sites (tertiary alicyclic amines) is 1. The first-order valence-corrected chi connectivity index (χ1v) is 11.4. The van der Waals surface area contributed by atoms with Gasteiger partial charge in [-0.3, -0.25) is 14.5 Å². The molecule has 3 unspecified atom stereocenters. The van der Waals surface area contributed by atoms with E-state index in [0.29, 0.717) is 13.0 Å². The van der Waals surface area contributed by atoms with Crippen molar-refractivity contribution in [3.8, 4) is 0 Å². The fourth-order valence-electron chi connectivity index (χ4n) is 4.30. The SMILES string of the molecule is CC(C)C(C(=O)N1CC(C(=O)Nc2ccccc2)CC1C)N(C)C(=O)OCc1ccccc1. The molecule has 0 radical (unpaired) electrons. The average molecular weight is 452 g/mol. The minimum Gasteiger partial charge on any atom is -0.445 e. The lowest BCUT2D eigenvalue weighted by Crippen LogP contribution is -2.53. The zero-order valence-corrected chi connectivity index (χ0v) is 19.7. The number of benzene rings is 2. The standard InChI is InChI=1S/C26H33N3O4/c1-18(2)23(28(4)26(32)33-17-20-11-7-5-8-12-20)25(31)29-16-21(15-19(29)3)24(30)27-22-13-9-6-10-14-22/h5-14,18-19,21,23H,15-17H2,1-4H3,(H,27,30). The normalized spacial score (nSPS) is 18.6. The molecule has 3 atom stereocenters. The maximum absolute atomic E-state index is 13.5. The van der Waals surface area contributed by atoms with E-state index in [-0.39, 0.29) is 36.3 Å². The number of likely N-dealkylation sites (N-methyl/N-ethyl adjacent to an activating group) is 1. The molecule has 2 aromatic rings. The number of rotatable bonds is 7. The van der Waals surface area contributed by atoms with E-state index in [2.05, 4.69) is 5.32 Å². The first-order chi connectivity index (χ1) is 15.8. The van der Waals surface area contributed by atoms with Crippen molar-refractivity contribution < 1.29 is 19.1 Å². The summed E-state index contributed by atoms with van der Waals surface area (Å²) in [7, 11) is 1.59. The summed E-state index contributed by atoms with van der Waals surface area (Å²) in [6.07, 6.45) is 0.0355. The lowest BCUT2D eigenvalue weighted by molar-refractivity contribution is -0.138. The summed E-state index contributed by atoms with van der Waals surface area (Å²) in [6, 6.07) is 17.9. The Bertz CT molecular complexity index is 949. The number of para-hydroxylation sites is 1. The number of amides is 3. The third-order valence-corrected chi connectivity index (χ3v) is 6.06. The molecule has 0 aromatic heterocycles. The second kappa shape index (κ2) is 11.0. The van der Waals surface area contributed by atoms with E-state index < -0.39 is 12.1 Å². The second-order valence-electron chi connectivity index (χ2n) is 8.97. The monoisotopic (exact) mass is 451 g/mol. The molecule has 0 spiro atoms. The van der Waals surface area contributed by atoms with Crippen LogP contribution in [0.1, 0.15) is 32.8 Å². The molecule has 33 heavy (non-hydrogen) atoms. The van der Waals surface area contributed by atoms with Crippen LogP contribution in [0, 0.1) is 11.8 Å². The number of anilines is 1. The van der Waals surface area contributed by atoms with Crippen LogP contribution < -0.4 is 5.32 Å². The Morgan fingerprint density at radius 1 is 1.06 bits per heavy atom. The highest BCUT2D eigenvalue weighted by Crippen LogP contribution is 2.27. The first-order valence-electron chi connectivity index (χ1n) is 11.4. The molecule has 1 aliphatic heterocycles. The molecule has 1 heterocycles. The van der Waals surface area contributed by atoms with Crippen LogP contribution in [0.25, 0.3) is 0 Å². The Hall–Kier alpha value is -3.35. The Balaban J connectivity index is 1.63. The van der Waals surface area contributed by atoms with E-state index in [0.717, 1.165) is 11.3 Å². The van der Waals surface area contributed by atoms with Gasteiger partial charge in [0.1, 0.15) is 12.6 Å². The van der Waals surface area contributed by atoms with E-state index in [4.69, 9.17) is 4.74 Å². The van der Waals surface area contributed by atoms with E-state index in [1.807, 2.05) is 81.4 Å². The predicted molar refractivity (Wildman–Crippen MR) is 127 cm³/mol. The van der Waals surface area contributed by atoms with Crippen LogP contribution in [-0.2, 0) is 20.9 Å². The number of nitrogens with zero attached hydrogens (tertiary/aromatic N) is 2. The molecule has 2 aromatic carbocycles. The van der Waals surface area contributed by atoms with Gasteiger partial charge in [-0.1, -0.05) is 62.4 Å². The van der Waals surface area contributed by atoms with Gasteiger partial charge in [-0.05, 0) is 37.0 Å². The third kappa shape index (κ3) is 6.12. The summed E-state index contributed by atoms with van der Waals surface area (Å²) in [6.45, 7) is 6.23. The maximum atomic E-state index is 13.5. The molecule has 3 rings (SSSR count). The minimum atomic E-state index is -0.674. The zero-order valence-electron chi connectivity index (χ0n) is 19.7. The van der Waals surface area contributed by atoms with Crippen molar-refractivity contribution in [3.05, 3.63) is 66.2 Å². The molecular formula is C26H33N3O4. The Labute approximate surface area is 195 Å². The molecule has 1 aliphatic rings. The topological polar surface area (TPSA) is 79.0 Å². The zero-order chi connectivity index (χ0) is 24.0. The largest absolute Gasteiger partial charge is 0.445 e. The summed E-state index contributed by atoms with van der Waals surface area (Å²) < 4.78 is 5.44. The van der Waals surface area contributed by atoms with Gasteiger partial charge in [0.25, 0.3) is 0 Å². The molecule has 7 nitrogen and oxygen atoms in total. The second-order valence-corrected chi connectivity index (χ2v) is 8.97. The van der Waals surface area contributed by atoms with Gasteiger partial charge in [0, 0.05) is 25.3 Å². The van der Waals surface area contributed by atoms with Gasteiger partial charge in [0.05, 0.1) is 5.92 Å². The molecule has 0 saturated carbocycles. The number of ether oxygens (including phenoxy) is 1. The fraction of sp³-hybridized carbons (Fsp3) is 0.423. The van der Waals surface area contributed by atoms with Gasteiger partial charge >= 0.3 is 6.09 Å². The van der Waals surface area contributed by atoms with Crippen molar-refractivity contribution in [1.82, 2.24) is 9.80 Å². The Morgan fingerprint density at radius 2 is 1.67 bits per heavy atom. The highest BCUT2D eigenvalue weighted by atomic mass is 16.6. The van der Waals surface area contributed by atoms with Crippen LogP contribution in [-0.4, -0.2) is 53.4 Å². The fourth-order valence-corrected chi connectivity index (χ4v) is 4.30. The van der Waals surface area contributed by atoms with Crippen LogP contribution in [0.2, 0.25) is 0 Å². The van der Waals surface area contributed by atoms with Crippen LogP contribution in [0.5, 0.6) is 0 Å². The number of hydrogen-bond donors (Lipinski definition) is 1. The summed E-state index contributed by atoms with van der Waals surface area (Å²) in [4.78, 5) is 42.1. The van der Waals surface area contributed by atoms with Crippen molar-refractivity contribution in [2.45, 2.75) is 45.9 Å². The molecule has 176 valence electrons. The molecule has 7 heteroatoms. The van der Waals surface area contributed by atoms with Crippen molar-refractivity contribution in [3.63, 3.8) is 0 Å². The number of carbonyl (C=O) groups excluding carboxylic acids is 3. The summed E-state index contributed by atoms with van der Waals surface area (Å²) in [5.41, 5.74) is 1.62. The molecule has 3 amide bonds. The van der Waals surface area contributed by atoms with Gasteiger partial charge < -0.3 is 15.0 Å². The summed E-state index contributed by atoms with van der Waals surface area (Å²) >= 11 is 0. The molecule has 1 saturated heterocycles. The maximum Gasteiger partial charge on any atom is 0.410 e. The van der Waals surface area contributed by atoms with Gasteiger partial charge in [-0.15, -0.1) is 0 Å². The van der Waals surface area contributed by atoms with Gasteiger partial charge in [-0.2, -0.15) is 0 Å². The molecular weight excluding hydrogens is 418 g/mol. The number of hydrogen-bond acceptors (Lipinski definition) is 4. The predicted octanol–water partition coefficient (Wildman–Crippen LogP) is 4.16. The lowest BCUT2D eigenvalue weighted by Gasteiger charge is -2.34. The molecule has 0 aliphatic carbocycles. The van der Waals surface area contributed by atoms with Crippen LogP contribution >= 0.6 is 0 Å². The van der Waals surface area contributed by atoms with Crippen LogP contribution in [0.15, 0.2) is 60.7 Å². The van der Waals surface area contributed by atoms with Gasteiger partial charge in [0.2, 0.25) is 11.8 Å². The smallest absolute Gasteiger partial charge is 0.410 e. The van der Waals surface area contributed by atoms with Crippen molar-refractivity contribution >= 4 is 23.6 Å². The van der Waals surface area contributed by atoms with Crippen molar-refractivity contribution in [2.75, 3.05) is 18.9 Å². The highest BCUT2D eigenvalue weighted by Gasteiger charge is 2.41. The van der Waals surface area contributed by atoms with Crippen LogP contribution in [0.3, 0.4) is 0 Å². The Kier molecular flexibility index (Phi) is 8.09. The number of carbonyl (C=O) groups is 3. The summed E-state index contributed by atoms with van der Waals surface area (Å²) in [5, 5.41) is 2.93. The quantitative estimate of drug-likeness (QED) is 0.686. The van der Waals surface area contributed by atoms with Gasteiger partial charge in [-0.25, -0.2) is 4.79 Å². The Morgan fingerprint density at radius 3 is 2.27 bits per heavy atom. The highest BCUT2D eigenvalue weighted by molar-refractivity contribution is 5.94. The molecule has 0 bridgehead atoms. The van der Waals surface area contributed by atoms with Crippen molar-refractivity contribution in [1.29, 1.82) is 0 Å². The molecule has 1 N–H and O–H groups in total. The minimum absolute atomic E-state index is 0.0972. The average Bonchev–Trinajstić information content (AvgIpc) is 3.20. The van der Waals surface area contributed by atoms with E-state index in [9.17, 15) is 14.4 Å². The van der Waals surface area contributed by atoms with Gasteiger partial charge in [0.15, 0.2) is 0 Å². The van der Waals surface area contributed by atoms with Crippen LogP contribution in [0.4, 0.5) is 10.5 Å². The molecule has 1 fully saturated rings. The number of nitrogens with one attached hydrogen (secondary N) is 1. The van der Waals surface area contributed by atoms with E-state index in [1.165, 1.54) is 4.90 Å². The van der Waals surface area contributed by atoms with Crippen molar-refractivity contribution in [2.24, 2.45) is 11.8 Å². The first kappa shape index (κ1) is 24.3. The lowest BCUT2D eigenvalue weighted by atomic mass is 10.0.